The molecular formula is C8H16IN. The Morgan fingerprint density at radius 1 is 1.20 bits per heavy atom. The first-order valence-corrected chi connectivity index (χ1v) is 5.27. The van der Waals surface area contributed by atoms with E-state index in [1.165, 1.54) is 25.7 Å². The largest absolute Gasteiger partial charge is 0.305 e. The molecule has 60 valence electrons. The molecule has 1 saturated carbocycles. The minimum Gasteiger partial charge on any atom is -0.305 e. The Kier molecular flexibility index (Phi) is 3.43. The van der Waals surface area contributed by atoms with E-state index in [2.05, 4.69) is 41.6 Å². The van der Waals surface area contributed by atoms with Crippen molar-refractivity contribution in [1.29, 1.82) is 0 Å². The van der Waals surface area contributed by atoms with Gasteiger partial charge in [-0.05, 0) is 26.9 Å². The van der Waals surface area contributed by atoms with Gasteiger partial charge < -0.3 is 4.90 Å². The molecule has 0 spiro atoms. The highest BCUT2D eigenvalue weighted by Crippen LogP contribution is 2.27. The Balaban J connectivity index is 2.40. The average molecular weight is 253 g/mol. The summed E-state index contributed by atoms with van der Waals surface area (Å²) in [4.78, 5) is 2.37. The van der Waals surface area contributed by atoms with Crippen LogP contribution in [-0.4, -0.2) is 29.0 Å². The van der Waals surface area contributed by atoms with Crippen molar-refractivity contribution in [2.45, 2.75) is 35.6 Å². The van der Waals surface area contributed by atoms with Gasteiger partial charge in [-0.15, -0.1) is 0 Å². The first-order valence-electron chi connectivity index (χ1n) is 4.02. The summed E-state index contributed by atoms with van der Waals surface area (Å²) in [7, 11) is 4.39. The molecule has 10 heavy (non-hydrogen) atoms. The van der Waals surface area contributed by atoms with Crippen molar-refractivity contribution in [3.05, 3.63) is 0 Å². The van der Waals surface area contributed by atoms with E-state index in [1.807, 2.05) is 0 Å². The van der Waals surface area contributed by atoms with Crippen LogP contribution in [0.5, 0.6) is 0 Å². The molecule has 0 saturated heterocycles. The van der Waals surface area contributed by atoms with Crippen LogP contribution in [0.15, 0.2) is 0 Å². The van der Waals surface area contributed by atoms with Gasteiger partial charge in [-0.3, -0.25) is 0 Å². The molecule has 0 N–H and O–H groups in total. The minimum atomic E-state index is 0.842. The molecule has 0 aromatic rings. The molecule has 1 rings (SSSR count). The van der Waals surface area contributed by atoms with Gasteiger partial charge in [-0.2, -0.15) is 0 Å². The fourth-order valence-electron chi connectivity index (χ4n) is 1.65. The number of hydrogen-bond acceptors (Lipinski definition) is 1. The predicted molar refractivity (Wildman–Crippen MR) is 53.8 cm³/mol. The summed E-state index contributed by atoms with van der Waals surface area (Å²) >= 11 is 2.59. The topological polar surface area (TPSA) is 3.24 Å². The second-order valence-electron chi connectivity index (χ2n) is 3.33. The molecule has 1 fully saturated rings. The van der Waals surface area contributed by atoms with Gasteiger partial charge in [-0.25, -0.2) is 0 Å². The summed E-state index contributed by atoms with van der Waals surface area (Å²) in [5, 5.41) is 0. The van der Waals surface area contributed by atoms with Crippen molar-refractivity contribution in [2.24, 2.45) is 0 Å². The third kappa shape index (κ3) is 2.09. The van der Waals surface area contributed by atoms with Crippen molar-refractivity contribution in [2.75, 3.05) is 14.1 Å². The summed E-state index contributed by atoms with van der Waals surface area (Å²) in [5.41, 5.74) is 0. The normalized spacial score (nSPS) is 34.8. The molecule has 0 heterocycles. The van der Waals surface area contributed by atoms with E-state index in [1.54, 1.807) is 0 Å². The standard InChI is InChI=1S/C8H16IN/c1-10(2)8-6-4-3-5-7(8)9/h7-8H,3-6H2,1-2H3/t7-,8-/m0/s1. The van der Waals surface area contributed by atoms with E-state index < -0.39 is 0 Å². The van der Waals surface area contributed by atoms with Crippen LogP contribution in [0.3, 0.4) is 0 Å². The smallest absolute Gasteiger partial charge is 0.0265 e. The summed E-state index contributed by atoms with van der Waals surface area (Å²) < 4.78 is 0.890. The lowest BCUT2D eigenvalue weighted by atomic mass is 9.95. The highest BCUT2D eigenvalue weighted by Gasteiger charge is 2.23. The monoisotopic (exact) mass is 253 g/mol. The van der Waals surface area contributed by atoms with Crippen LogP contribution < -0.4 is 0 Å². The van der Waals surface area contributed by atoms with Crippen molar-refractivity contribution >= 4 is 22.6 Å². The second-order valence-corrected chi connectivity index (χ2v) is 4.93. The molecular weight excluding hydrogens is 237 g/mol. The summed E-state index contributed by atoms with van der Waals surface area (Å²) in [5.74, 6) is 0. The first kappa shape index (κ1) is 8.78. The molecule has 0 bridgehead atoms. The van der Waals surface area contributed by atoms with E-state index in [0.717, 1.165) is 9.97 Å². The van der Waals surface area contributed by atoms with Gasteiger partial charge in [0.05, 0.1) is 0 Å². The first-order chi connectivity index (χ1) is 4.72. The Labute approximate surface area is 77.3 Å². The van der Waals surface area contributed by atoms with Gasteiger partial charge in [0.1, 0.15) is 0 Å². The molecule has 0 radical (unpaired) electrons. The summed E-state index contributed by atoms with van der Waals surface area (Å²) in [6.45, 7) is 0. The maximum Gasteiger partial charge on any atom is 0.0265 e. The fourth-order valence-corrected chi connectivity index (χ4v) is 3.09. The van der Waals surface area contributed by atoms with Crippen LogP contribution in [-0.2, 0) is 0 Å². The number of hydrogen-bond donors (Lipinski definition) is 0. The predicted octanol–water partition coefficient (Wildman–Crippen LogP) is 2.29. The second kappa shape index (κ2) is 3.90. The molecule has 2 heteroatoms. The lowest BCUT2D eigenvalue weighted by molar-refractivity contribution is 0.242. The van der Waals surface area contributed by atoms with Gasteiger partial charge in [0.2, 0.25) is 0 Å². The molecule has 1 aliphatic rings. The van der Waals surface area contributed by atoms with Crippen LogP contribution in [0.25, 0.3) is 0 Å². The zero-order chi connectivity index (χ0) is 7.56. The number of alkyl halides is 1. The zero-order valence-electron chi connectivity index (χ0n) is 6.81. The molecule has 0 aliphatic heterocycles. The van der Waals surface area contributed by atoms with Crippen LogP contribution in [0.4, 0.5) is 0 Å². The van der Waals surface area contributed by atoms with Crippen molar-refractivity contribution in [3.63, 3.8) is 0 Å². The lowest BCUT2D eigenvalue weighted by Crippen LogP contribution is -2.37. The minimum absolute atomic E-state index is 0.842. The van der Waals surface area contributed by atoms with E-state index in [9.17, 15) is 0 Å². The molecule has 2 atom stereocenters. The van der Waals surface area contributed by atoms with Crippen LogP contribution >= 0.6 is 22.6 Å². The number of rotatable bonds is 1. The van der Waals surface area contributed by atoms with E-state index in [4.69, 9.17) is 0 Å². The van der Waals surface area contributed by atoms with Crippen molar-refractivity contribution in [3.8, 4) is 0 Å². The van der Waals surface area contributed by atoms with Crippen LogP contribution in [0.1, 0.15) is 25.7 Å². The SMILES string of the molecule is CN(C)[C@H]1CCCC[C@@H]1I. The van der Waals surface area contributed by atoms with E-state index in [-0.39, 0.29) is 0 Å². The van der Waals surface area contributed by atoms with Gasteiger partial charge in [-0.1, -0.05) is 35.4 Å². The molecule has 0 amide bonds. The van der Waals surface area contributed by atoms with Gasteiger partial charge in [0.25, 0.3) is 0 Å². The molecule has 0 unspecified atom stereocenters. The average Bonchev–Trinajstić information content (AvgIpc) is 1.88. The highest BCUT2D eigenvalue weighted by molar-refractivity contribution is 14.1. The van der Waals surface area contributed by atoms with Crippen LogP contribution in [0, 0.1) is 0 Å². The Morgan fingerprint density at radius 3 is 2.20 bits per heavy atom. The fraction of sp³-hybridized carbons (Fsp3) is 1.00. The van der Waals surface area contributed by atoms with Crippen molar-refractivity contribution < 1.29 is 0 Å². The lowest BCUT2D eigenvalue weighted by Gasteiger charge is -2.32. The highest BCUT2D eigenvalue weighted by atomic mass is 127. The molecule has 1 aliphatic carbocycles. The maximum atomic E-state index is 2.59. The van der Waals surface area contributed by atoms with Crippen LogP contribution in [0.2, 0.25) is 0 Å². The summed E-state index contributed by atoms with van der Waals surface area (Å²) in [6, 6.07) is 0.842. The van der Waals surface area contributed by atoms with Gasteiger partial charge >= 0.3 is 0 Å². The third-order valence-corrected chi connectivity index (χ3v) is 3.76. The van der Waals surface area contributed by atoms with Gasteiger partial charge in [0, 0.05) is 9.97 Å². The zero-order valence-corrected chi connectivity index (χ0v) is 8.97. The Bertz CT molecular complexity index is 103. The third-order valence-electron chi connectivity index (χ3n) is 2.31. The molecule has 0 aromatic heterocycles. The molecule has 0 aromatic carbocycles. The van der Waals surface area contributed by atoms with Gasteiger partial charge in [0.15, 0.2) is 0 Å². The molecule has 1 nitrogen and oxygen atoms in total. The van der Waals surface area contributed by atoms with E-state index in [0.29, 0.717) is 0 Å². The Hall–Kier alpha value is 0.690. The van der Waals surface area contributed by atoms with Crippen molar-refractivity contribution in [1.82, 2.24) is 4.90 Å². The summed E-state index contributed by atoms with van der Waals surface area (Å²) in [6.07, 6.45) is 5.70. The van der Waals surface area contributed by atoms with E-state index >= 15 is 0 Å². The number of nitrogens with zero attached hydrogens (tertiary/aromatic N) is 1. The Morgan fingerprint density at radius 2 is 1.80 bits per heavy atom. The quantitative estimate of drug-likeness (QED) is 0.512. The maximum absolute atomic E-state index is 2.59. The number of halogens is 1.